The van der Waals surface area contributed by atoms with Gasteiger partial charge in [-0.25, -0.2) is 9.78 Å². The van der Waals surface area contributed by atoms with Gasteiger partial charge in [0.1, 0.15) is 16.8 Å². The molecule has 1 saturated heterocycles. The summed E-state index contributed by atoms with van der Waals surface area (Å²) in [5, 5.41) is 8.77. The Morgan fingerprint density at radius 3 is 3.17 bits per heavy atom. The van der Waals surface area contributed by atoms with E-state index in [1.54, 1.807) is 12.3 Å². The number of rotatable bonds is 4. The van der Waals surface area contributed by atoms with Crippen molar-refractivity contribution in [2.75, 3.05) is 19.8 Å². The van der Waals surface area contributed by atoms with E-state index in [1.165, 1.54) is 0 Å². The molecule has 18 heavy (non-hydrogen) atoms. The molecule has 1 aromatic rings. The second-order valence-electron chi connectivity index (χ2n) is 3.94. The molecule has 7 heteroatoms. The minimum atomic E-state index is -0.999. The summed E-state index contributed by atoms with van der Waals surface area (Å²) in [7, 11) is 0. The van der Waals surface area contributed by atoms with Crippen molar-refractivity contribution in [1.82, 2.24) is 10.5 Å². The van der Waals surface area contributed by atoms with Crippen molar-refractivity contribution in [2.45, 2.75) is 12.0 Å². The number of ether oxygens (including phenoxy) is 1. The maximum absolute atomic E-state index is 10.7. The van der Waals surface area contributed by atoms with Gasteiger partial charge in [-0.1, -0.05) is 6.07 Å². The average molecular weight is 317 g/mol. The highest BCUT2D eigenvalue weighted by atomic mass is 79.9. The molecule has 98 valence electrons. The summed E-state index contributed by atoms with van der Waals surface area (Å²) in [4.78, 5) is 19.9. The highest BCUT2D eigenvalue weighted by Gasteiger charge is 2.38. The normalized spacial score (nSPS) is 23.8. The van der Waals surface area contributed by atoms with Gasteiger partial charge in [0.05, 0.1) is 13.2 Å². The van der Waals surface area contributed by atoms with Gasteiger partial charge in [-0.2, -0.15) is 5.48 Å². The maximum Gasteiger partial charge on any atom is 0.329 e. The summed E-state index contributed by atoms with van der Waals surface area (Å²) in [5.74, 6) is -0.999. The van der Waals surface area contributed by atoms with Crippen LogP contribution in [0.4, 0.5) is 0 Å². The average Bonchev–Trinajstić information content (AvgIpc) is 2.38. The predicted octanol–water partition coefficient (Wildman–Crippen LogP) is 1.07. The van der Waals surface area contributed by atoms with Gasteiger partial charge in [-0.3, -0.25) is 0 Å². The number of hydrogen-bond donors (Lipinski definition) is 2. The van der Waals surface area contributed by atoms with Gasteiger partial charge < -0.3 is 14.7 Å². The Labute approximate surface area is 112 Å². The molecule has 2 N–H and O–H groups in total. The number of hydrogen-bond acceptors (Lipinski definition) is 5. The summed E-state index contributed by atoms with van der Waals surface area (Å²) in [6.07, 6.45) is 2.23. The van der Waals surface area contributed by atoms with E-state index in [-0.39, 0.29) is 6.61 Å². The molecule has 1 aliphatic rings. The number of aliphatic carboxylic acids is 1. The first-order valence-corrected chi connectivity index (χ1v) is 6.25. The van der Waals surface area contributed by atoms with Gasteiger partial charge in [-0.15, -0.1) is 0 Å². The monoisotopic (exact) mass is 316 g/mol. The molecular formula is C11H13BrN2O4. The number of nitrogens with zero attached hydrogens (tertiary/aromatic N) is 1. The van der Waals surface area contributed by atoms with E-state index in [9.17, 15) is 4.79 Å². The van der Waals surface area contributed by atoms with Crippen LogP contribution in [0, 0.1) is 0 Å². The van der Waals surface area contributed by atoms with Crippen LogP contribution in [-0.2, 0) is 20.0 Å². The number of hydroxylamine groups is 1. The first-order chi connectivity index (χ1) is 8.64. The van der Waals surface area contributed by atoms with Crippen LogP contribution in [0.2, 0.25) is 0 Å². The van der Waals surface area contributed by atoms with Crippen LogP contribution >= 0.6 is 15.9 Å². The van der Waals surface area contributed by atoms with Crippen LogP contribution in [0.3, 0.4) is 0 Å². The molecule has 0 bridgehead atoms. The van der Waals surface area contributed by atoms with Crippen LogP contribution in [0.5, 0.6) is 0 Å². The molecular weight excluding hydrogens is 304 g/mol. The van der Waals surface area contributed by atoms with Crippen LogP contribution in [0.25, 0.3) is 0 Å². The van der Waals surface area contributed by atoms with Crippen molar-refractivity contribution < 1.29 is 19.5 Å². The Kier molecular flexibility index (Phi) is 4.28. The van der Waals surface area contributed by atoms with Crippen LogP contribution < -0.4 is 5.48 Å². The van der Waals surface area contributed by atoms with E-state index in [2.05, 4.69) is 26.4 Å². The Balaban J connectivity index is 2.29. The molecule has 0 saturated carbocycles. The molecule has 0 amide bonds. The molecule has 0 aliphatic carbocycles. The van der Waals surface area contributed by atoms with Crippen molar-refractivity contribution in [3.8, 4) is 0 Å². The number of carboxylic acids is 1. The molecule has 1 aliphatic heterocycles. The molecule has 0 aromatic carbocycles. The van der Waals surface area contributed by atoms with Crippen LogP contribution in [0.1, 0.15) is 12.0 Å². The minimum Gasteiger partial charge on any atom is -0.480 e. The summed E-state index contributed by atoms with van der Waals surface area (Å²) in [5.41, 5.74) is 2.85. The van der Waals surface area contributed by atoms with Crippen LogP contribution in [0.15, 0.2) is 22.9 Å². The van der Waals surface area contributed by atoms with Gasteiger partial charge >= 0.3 is 5.97 Å². The fraction of sp³-hybridized carbons (Fsp3) is 0.455. The summed E-state index contributed by atoms with van der Waals surface area (Å²) in [6, 6.07) is 3.66. The zero-order valence-electron chi connectivity index (χ0n) is 9.56. The van der Waals surface area contributed by atoms with E-state index in [0.29, 0.717) is 24.2 Å². The summed E-state index contributed by atoms with van der Waals surface area (Å²) in [6.45, 7) is 0.467. The molecule has 0 spiro atoms. The number of nitrogens with one attached hydrogen (secondary N) is 1. The number of halogens is 1. The number of carboxylic acid groups (broad SMARTS) is 1. The first-order valence-electron chi connectivity index (χ1n) is 5.45. The van der Waals surface area contributed by atoms with Gasteiger partial charge in [0, 0.05) is 18.2 Å². The Bertz CT molecular complexity index is 435. The van der Waals surface area contributed by atoms with Crippen molar-refractivity contribution >= 4 is 21.9 Å². The molecule has 1 unspecified atom stereocenters. The van der Waals surface area contributed by atoms with Crippen molar-refractivity contribution in [1.29, 1.82) is 0 Å². The fourth-order valence-corrected chi connectivity index (χ4v) is 2.51. The second kappa shape index (κ2) is 5.75. The zero-order chi connectivity index (χ0) is 13.0. The molecule has 1 aromatic heterocycles. The van der Waals surface area contributed by atoms with Gasteiger partial charge in [0.25, 0.3) is 0 Å². The highest BCUT2D eigenvalue weighted by Crippen LogP contribution is 2.34. The lowest BCUT2D eigenvalue weighted by atomic mass is 9.91. The van der Waals surface area contributed by atoms with E-state index in [0.717, 1.165) is 5.56 Å². The molecule has 0 radical (unpaired) electrons. The molecule has 6 nitrogen and oxygen atoms in total. The fourth-order valence-electron chi connectivity index (χ4n) is 1.90. The Morgan fingerprint density at radius 1 is 1.72 bits per heavy atom. The van der Waals surface area contributed by atoms with E-state index in [1.807, 2.05) is 6.07 Å². The lowest BCUT2D eigenvalue weighted by Crippen LogP contribution is -2.47. The van der Waals surface area contributed by atoms with Gasteiger partial charge in [-0.05, 0) is 22.0 Å². The van der Waals surface area contributed by atoms with Crippen LogP contribution in [-0.4, -0.2) is 35.8 Å². The molecule has 1 fully saturated rings. The van der Waals surface area contributed by atoms with Crippen molar-refractivity contribution in [3.63, 3.8) is 0 Å². The predicted molar refractivity (Wildman–Crippen MR) is 65.8 cm³/mol. The Morgan fingerprint density at radius 2 is 2.56 bits per heavy atom. The topological polar surface area (TPSA) is 80.7 Å². The third kappa shape index (κ3) is 2.86. The van der Waals surface area contributed by atoms with E-state index in [4.69, 9.17) is 14.7 Å². The molecule has 2 heterocycles. The molecule has 2 rings (SSSR count). The van der Waals surface area contributed by atoms with Gasteiger partial charge in [0.15, 0.2) is 0 Å². The zero-order valence-corrected chi connectivity index (χ0v) is 11.1. The van der Waals surface area contributed by atoms with E-state index >= 15 is 0 Å². The minimum absolute atomic E-state index is 0.358. The second-order valence-corrected chi connectivity index (χ2v) is 4.69. The third-order valence-corrected chi connectivity index (χ3v) is 3.42. The molecule has 1 atom stereocenters. The lowest BCUT2D eigenvalue weighted by Gasteiger charge is -2.37. The highest BCUT2D eigenvalue weighted by molar-refractivity contribution is 9.10. The summed E-state index contributed by atoms with van der Waals surface area (Å²) >= 11 is 3.37. The number of pyridine rings is 1. The Hall–Kier alpha value is -1.02. The standard InChI is InChI=1S/C11H13BrN2O4/c12-10-8(2-1-4-13-10)11(17-6-9(15)16)3-5-18-14-7-11/h1-2,4,14H,3,5-7H2,(H,15,16). The largest absolute Gasteiger partial charge is 0.480 e. The third-order valence-electron chi connectivity index (χ3n) is 2.79. The number of aromatic nitrogens is 1. The quantitative estimate of drug-likeness (QED) is 0.809. The SMILES string of the molecule is O=C(O)COC1(c2cccnc2Br)CCONC1. The smallest absolute Gasteiger partial charge is 0.329 e. The van der Waals surface area contributed by atoms with Crippen molar-refractivity contribution in [2.24, 2.45) is 0 Å². The lowest BCUT2D eigenvalue weighted by molar-refractivity contribution is -0.165. The maximum atomic E-state index is 10.7. The van der Waals surface area contributed by atoms with E-state index < -0.39 is 11.6 Å². The van der Waals surface area contributed by atoms with Crippen molar-refractivity contribution in [3.05, 3.63) is 28.5 Å². The van der Waals surface area contributed by atoms with Gasteiger partial charge in [0.2, 0.25) is 0 Å². The summed E-state index contributed by atoms with van der Waals surface area (Å²) < 4.78 is 6.24. The number of carbonyl (C=O) groups is 1. The first kappa shape index (κ1) is 13.4.